The minimum Gasteiger partial charge on any atom is -0.339 e. The molecule has 9 heteroatoms. The van der Waals surface area contributed by atoms with Crippen LogP contribution in [0.3, 0.4) is 0 Å². The number of aryl methyl sites for hydroxylation is 2. The SMILES string of the molecule is Cc1ccc(-c2noc(CCC(=O)N3CCN(C(=O)c4cccc(Cl)c4)CC3)n2)cc1F. The quantitative estimate of drug-likeness (QED) is 0.584. The van der Waals surface area contributed by atoms with Crippen LogP contribution in [0, 0.1) is 12.7 Å². The molecule has 0 atom stereocenters. The lowest BCUT2D eigenvalue weighted by molar-refractivity contribution is -0.132. The smallest absolute Gasteiger partial charge is 0.254 e. The number of hydrogen-bond donors (Lipinski definition) is 0. The van der Waals surface area contributed by atoms with E-state index in [-0.39, 0.29) is 24.1 Å². The molecule has 0 N–H and O–H groups in total. The molecule has 2 heterocycles. The topological polar surface area (TPSA) is 79.5 Å². The van der Waals surface area contributed by atoms with E-state index >= 15 is 0 Å². The van der Waals surface area contributed by atoms with Crippen molar-refractivity contribution in [2.45, 2.75) is 19.8 Å². The van der Waals surface area contributed by atoms with Crippen LogP contribution in [0.4, 0.5) is 4.39 Å². The van der Waals surface area contributed by atoms with Crippen molar-refractivity contribution >= 4 is 23.4 Å². The summed E-state index contributed by atoms with van der Waals surface area (Å²) in [5, 5.41) is 4.40. The zero-order chi connectivity index (χ0) is 22.7. The second-order valence-corrected chi connectivity index (χ2v) is 8.10. The van der Waals surface area contributed by atoms with Gasteiger partial charge in [0.05, 0.1) is 0 Å². The fourth-order valence-corrected chi connectivity index (χ4v) is 3.73. The molecular weight excluding hydrogens is 435 g/mol. The molecule has 2 aromatic carbocycles. The van der Waals surface area contributed by atoms with E-state index in [1.807, 2.05) is 0 Å². The molecule has 1 aliphatic heterocycles. The van der Waals surface area contributed by atoms with Crippen LogP contribution in [0.25, 0.3) is 11.4 Å². The Hall–Kier alpha value is -3.26. The summed E-state index contributed by atoms with van der Waals surface area (Å²) in [6.07, 6.45) is 0.508. The largest absolute Gasteiger partial charge is 0.339 e. The first-order valence-electron chi connectivity index (χ1n) is 10.3. The van der Waals surface area contributed by atoms with Crippen molar-refractivity contribution in [1.29, 1.82) is 0 Å². The van der Waals surface area contributed by atoms with Crippen molar-refractivity contribution in [3.8, 4) is 11.4 Å². The first-order chi connectivity index (χ1) is 15.4. The predicted molar refractivity (Wildman–Crippen MR) is 117 cm³/mol. The Morgan fingerprint density at radius 2 is 1.84 bits per heavy atom. The monoisotopic (exact) mass is 456 g/mol. The highest BCUT2D eigenvalue weighted by Gasteiger charge is 2.25. The molecule has 32 heavy (non-hydrogen) atoms. The lowest BCUT2D eigenvalue weighted by atomic mass is 10.1. The number of benzene rings is 2. The van der Waals surface area contributed by atoms with Gasteiger partial charge in [-0.3, -0.25) is 9.59 Å². The molecule has 1 aliphatic rings. The van der Waals surface area contributed by atoms with Crippen LogP contribution in [-0.2, 0) is 11.2 Å². The Morgan fingerprint density at radius 3 is 2.56 bits per heavy atom. The molecule has 1 saturated heterocycles. The number of rotatable bonds is 5. The number of carbonyl (C=O) groups is 2. The van der Waals surface area contributed by atoms with Crippen LogP contribution in [0.5, 0.6) is 0 Å². The van der Waals surface area contributed by atoms with Gasteiger partial charge in [-0.05, 0) is 36.8 Å². The zero-order valence-corrected chi connectivity index (χ0v) is 18.3. The van der Waals surface area contributed by atoms with Crippen molar-refractivity contribution in [3.63, 3.8) is 0 Å². The minimum atomic E-state index is -0.336. The van der Waals surface area contributed by atoms with Crippen LogP contribution >= 0.6 is 11.6 Å². The lowest BCUT2D eigenvalue weighted by Gasteiger charge is -2.34. The fraction of sp³-hybridized carbons (Fsp3) is 0.304. The van der Waals surface area contributed by atoms with Gasteiger partial charge in [-0.15, -0.1) is 0 Å². The molecule has 0 unspecified atom stereocenters. The van der Waals surface area contributed by atoms with E-state index in [1.54, 1.807) is 53.1 Å². The molecule has 1 aromatic heterocycles. The summed E-state index contributed by atoms with van der Waals surface area (Å²) in [4.78, 5) is 32.9. The third-order valence-corrected chi connectivity index (χ3v) is 5.68. The Morgan fingerprint density at radius 1 is 1.09 bits per heavy atom. The van der Waals surface area contributed by atoms with E-state index in [4.69, 9.17) is 16.1 Å². The van der Waals surface area contributed by atoms with E-state index in [9.17, 15) is 14.0 Å². The number of piperazine rings is 1. The van der Waals surface area contributed by atoms with Gasteiger partial charge in [0.15, 0.2) is 0 Å². The van der Waals surface area contributed by atoms with E-state index < -0.39 is 0 Å². The maximum Gasteiger partial charge on any atom is 0.254 e. The van der Waals surface area contributed by atoms with Crippen molar-refractivity contribution in [3.05, 3.63) is 70.3 Å². The van der Waals surface area contributed by atoms with Crippen LogP contribution in [0.2, 0.25) is 5.02 Å². The van der Waals surface area contributed by atoms with Crippen molar-refractivity contribution in [1.82, 2.24) is 19.9 Å². The predicted octanol–water partition coefficient (Wildman–Crippen LogP) is 3.75. The van der Waals surface area contributed by atoms with E-state index in [2.05, 4.69) is 10.1 Å². The fourth-order valence-electron chi connectivity index (χ4n) is 3.54. The van der Waals surface area contributed by atoms with Gasteiger partial charge in [-0.1, -0.05) is 35.0 Å². The summed E-state index contributed by atoms with van der Waals surface area (Å²) >= 11 is 5.97. The second-order valence-electron chi connectivity index (χ2n) is 7.66. The Labute approximate surface area is 189 Å². The van der Waals surface area contributed by atoms with Crippen LogP contribution in [0.15, 0.2) is 47.0 Å². The van der Waals surface area contributed by atoms with Gasteiger partial charge in [0.2, 0.25) is 17.6 Å². The molecule has 0 spiro atoms. The summed E-state index contributed by atoms with van der Waals surface area (Å²) in [7, 11) is 0. The number of amides is 2. The molecule has 166 valence electrons. The first-order valence-corrected chi connectivity index (χ1v) is 10.7. The van der Waals surface area contributed by atoms with Gasteiger partial charge in [-0.25, -0.2) is 4.39 Å². The summed E-state index contributed by atoms with van der Waals surface area (Å²) < 4.78 is 19.0. The molecule has 1 fully saturated rings. The molecule has 4 rings (SSSR count). The van der Waals surface area contributed by atoms with Gasteiger partial charge in [0.25, 0.3) is 5.91 Å². The zero-order valence-electron chi connectivity index (χ0n) is 17.6. The van der Waals surface area contributed by atoms with Crippen LogP contribution < -0.4 is 0 Å². The molecule has 2 amide bonds. The second kappa shape index (κ2) is 9.48. The number of halogens is 2. The number of carbonyl (C=O) groups excluding carboxylic acids is 2. The third kappa shape index (κ3) is 4.96. The molecule has 0 aliphatic carbocycles. The first kappa shape index (κ1) is 22.0. The number of aromatic nitrogens is 2. The average Bonchev–Trinajstić information content (AvgIpc) is 3.28. The van der Waals surface area contributed by atoms with Gasteiger partial charge in [-0.2, -0.15) is 4.98 Å². The Kier molecular flexibility index (Phi) is 6.50. The van der Waals surface area contributed by atoms with Gasteiger partial charge in [0.1, 0.15) is 5.82 Å². The number of nitrogens with zero attached hydrogens (tertiary/aromatic N) is 4. The van der Waals surface area contributed by atoms with Crippen molar-refractivity contribution in [2.75, 3.05) is 26.2 Å². The van der Waals surface area contributed by atoms with Gasteiger partial charge < -0.3 is 14.3 Å². The highest BCUT2D eigenvalue weighted by atomic mass is 35.5. The van der Waals surface area contributed by atoms with Crippen LogP contribution in [0.1, 0.15) is 28.2 Å². The summed E-state index contributed by atoms with van der Waals surface area (Å²) in [6.45, 7) is 3.52. The van der Waals surface area contributed by atoms with E-state index in [1.165, 1.54) is 6.07 Å². The van der Waals surface area contributed by atoms with E-state index in [0.29, 0.717) is 66.0 Å². The molecule has 3 aromatic rings. The van der Waals surface area contributed by atoms with Gasteiger partial charge >= 0.3 is 0 Å². The maximum absolute atomic E-state index is 13.8. The molecule has 0 bridgehead atoms. The molecule has 0 radical (unpaired) electrons. The van der Waals surface area contributed by atoms with Crippen molar-refractivity contribution in [2.24, 2.45) is 0 Å². The lowest BCUT2D eigenvalue weighted by Crippen LogP contribution is -2.50. The maximum atomic E-state index is 13.8. The highest BCUT2D eigenvalue weighted by molar-refractivity contribution is 6.30. The minimum absolute atomic E-state index is 0.0408. The molecule has 0 saturated carbocycles. The van der Waals surface area contributed by atoms with Gasteiger partial charge in [0, 0.05) is 55.2 Å². The number of hydrogen-bond acceptors (Lipinski definition) is 5. The Bertz CT molecular complexity index is 1140. The van der Waals surface area contributed by atoms with E-state index in [0.717, 1.165) is 0 Å². The standard InChI is InChI=1S/C23H22ClFN4O3/c1-15-5-6-16(14-19(15)25)22-26-20(32-27-22)7-8-21(30)28-9-11-29(12-10-28)23(31)17-3-2-4-18(24)13-17/h2-6,13-14H,7-12H2,1H3. The Balaban J connectivity index is 1.28. The third-order valence-electron chi connectivity index (χ3n) is 5.44. The van der Waals surface area contributed by atoms with Crippen LogP contribution in [-0.4, -0.2) is 57.9 Å². The van der Waals surface area contributed by atoms with Crippen molar-refractivity contribution < 1.29 is 18.5 Å². The molecule has 7 nitrogen and oxygen atoms in total. The normalized spacial score (nSPS) is 14.0. The highest BCUT2D eigenvalue weighted by Crippen LogP contribution is 2.20. The summed E-state index contributed by atoms with van der Waals surface area (Å²) in [5.41, 5.74) is 1.60. The summed E-state index contributed by atoms with van der Waals surface area (Å²) in [6, 6.07) is 11.6. The molecular formula is C23H22ClFN4O3. The summed E-state index contributed by atoms with van der Waals surface area (Å²) in [5.74, 6) is 0.145. The average molecular weight is 457 g/mol.